The maximum absolute atomic E-state index is 11.6. The van der Waals surface area contributed by atoms with Gasteiger partial charge in [-0.3, -0.25) is 14.3 Å². The molecule has 0 spiro atoms. The summed E-state index contributed by atoms with van der Waals surface area (Å²) in [6.45, 7) is 0.443. The maximum atomic E-state index is 11.6. The summed E-state index contributed by atoms with van der Waals surface area (Å²) >= 11 is 5.25. The Morgan fingerprint density at radius 3 is 2.53 bits per heavy atom. The number of nitrogens with zero attached hydrogens (tertiary/aromatic N) is 1. The van der Waals surface area contributed by atoms with E-state index in [-0.39, 0.29) is 5.56 Å². The van der Waals surface area contributed by atoms with E-state index in [1.165, 1.54) is 4.57 Å². The van der Waals surface area contributed by atoms with Crippen LogP contribution in [-0.2, 0) is 6.54 Å². The van der Waals surface area contributed by atoms with E-state index in [4.69, 9.17) is 0 Å². The Bertz CT molecular complexity index is 646. The van der Waals surface area contributed by atoms with E-state index in [0.29, 0.717) is 10.1 Å². The summed E-state index contributed by atoms with van der Waals surface area (Å²) in [5.74, 6) is 0. The van der Waals surface area contributed by atoms with E-state index in [1.54, 1.807) is 6.20 Å². The summed E-state index contributed by atoms with van der Waals surface area (Å²) in [6, 6.07) is 7.68. The Morgan fingerprint density at radius 1 is 1.24 bits per heavy atom. The molecule has 6 heteroatoms. The van der Waals surface area contributed by atoms with Crippen molar-refractivity contribution in [2.75, 3.05) is 0 Å². The second-order valence-corrected chi connectivity index (χ2v) is 5.57. The van der Waals surface area contributed by atoms with Crippen molar-refractivity contribution < 1.29 is 0 Å². The van der Waals surface area contributed by atoms with Gasteiger partial charge in [-0.2, -0.15) is 0 Å². The monoisotopic (exact) mass is 406 g/mol. The van der Waals surface area contributed by atoms with Gasteiger partial charge in [0.05, 0.1) is 10.1 Å². The third-order valence-electron chi connectivity index (χ3n) is 2.23. The fourth-order valence-corrected chi connectivity index (χ4v) is 2.12. The maximum Gasteiger partial charge on any atom is 0.328 e. The Balaban J connectivity index is 2.36. The molecule has 1 aromatic heterocycles. The largest absolute Gasteiger partial charge is 0.328 e. The SMILES string of the molecule is O=c1[nH]c(=O)n(Cc2ccc(Br)cc2)cc1I. The molecule has 0 bridgehead atoms. The smallest absolute Gasteiger partial charge is 0.295 e. The predicted octanol–water partition coefficient (Wildman–Crippen LogP) is 1.95. The van der Waals surface area contributed by atoms with E-state index in [9.17, 15) is 9.59 Å². The van der Waals surface area contributed by atoms with Crippen LogP contribution >= 0.6 is 38.5 Å². The first kappa shape index (κ1) is 12.6. The van der Waals surface area contributed by atoms with E-state index in [2.05, 4.69) is 20.9 Å². The lowest BCUT2D eigenvalue weighted by molar-refractivity contribution is 0.715. The Morgan fingerprint density at radius 2 is 1.88 bits per heavy atom. The van der Waals surface area contributed by atoms with Crippen LogP contribution in [0.15, 0.2) is 44.5 Å². The lowest BCUT2D eigenvalue weighted by atomic mass is 10.2. The standard InChI is InChI=1S/C11H8BrIN2O2/c12-8-3-1-7(2-4-8)5-15-6-9(13)10(16)14-11(15)17/h1-4,6H,5H2,(H,14,16,17). The fraction of sp³-hybridized carbons (Fsp3) is 0.0909. The number of H-pyrrole nitrogens is 1. The molecule has 0 aliphatic heterocycles. The summed E-state index contributed by atoms with van der Waals surface area (Å²) in [5.41, 5.74) is 0.263. The van der Waals surface area contributed by atoms with Crippen molar-refractivity contribution in [1.29, 1.82) is 0 Å². The third-order valence-corrected chi connectivity index (χ3v) is 3.53. The normalized spacial score (nSPS) is 10.5. The first-order valence-corrected chi connectivity index (χ1v) is 6.67. The van der Waals surface area contributed by atoms with Crippen LogP contribution in [0.25, 0.3) is 0 Å². The summed E-state index contributed by atoms with van der Waals surface area (Å²) in [4.78, 5) is 25.0. The number of nitrogens with one attached hydrogen (secondary N) is 1. The first-order chi connectivity index (χ1) is 8.06. The molecule has 1 aromatic carbocycles. The van der Waals surface area contributed by atoms with Gasteiger partial charge in [-0.1, -0.05) is 28.1 Å². The molecule has 0 unspecified atom stereocenters. The van der Waals surface area contributed by atoms with Crippen LogP contribution in [0.1, 0.15) is 5.56 Å². The average molecular weight is 407 g/mol. The van der Waals surface area contributed by atoms with Gasteiger partial charge in [0.15, 0.2) is 0 Å². The number of aromatic nitrogens is 2. The molecule has 0 aliphatic rings. The van der Waals surface area contributed by atoms with Gasteiger partial charge in [-0.05, 0) is 40.3 Å². The summed E-state index contributed by atoms with van der Waals surface area (Å²) < 4.78 is 2.97. The molecule has 0 radical (unpaired) electrons. The zero-order valence-electron chi connectivity index (χ0n) is 8.61. The zero-order valence-corrected chi connectivity index (χ0v) is 12.4. The second kappa shape index (κ2) is 5.18. The van der Waals surface area contributed by atoms with Crippen LogP contribution in [0, 0.1) is 3.57 Å². The number of aromatic amines is 1. The molecule has 2 rings (SSSR count). The molecule has 0 atom stereocenters. The number of rotatable bonds is 2. The van der Waals surface area contributed by atoms with Crippen molar-refractivity contribution in [2.45, 2.75) is 6.54 Å². The van der Waals surface area contributed by atoms with Crippen molar-refractivity contribution in [2.24, 2.45) is 0 Å². The molecule has 2 aromatic rings. The van der Waals surface area contributed by atoms with Crippen LogP contribution in [0.2, 0.25) is 0 Å². The minimum absolute atomic E-state index is 0.345. The number of benzene rings is 1. The molecule has 1 heterocycles. The van der Waals surface area contributed by atoms with Crippen LogP contribution in [-0.4, -0.2) is 9.55 Å². The van der Waals surface area contributed by atoms with Gasteiger partial charge in [0.2, 0.25) is 0 Å². The zero-order chi connectivity index (χ0) is 12.4. The van der Waals surface area contributed by atoms with Gasteiger partial charge in [-0.15, -0.1) is 0 Å². The summed E-state index contributed by atoms with van der Waals surface area (Å²) in [5, 5.41) is 0. The molecule has 0 amide bonds. The van der Waals surface area contributed by atoms with Crippen molar-refractivity contribution in [3.8, 4) is 0 Å². The molecule has 88 valence electrons. The number of hydrogen-bond acceptors (Lipinski definition) is 2. The lowest BCUT2D eigenvalue weighted by Crippen LogP contribution is -2.31. The minimum atomic E-state index is -0.390. The van der Waals surface area contributed by atoms with E-state index >= 15 is 0 Å². The summed E-state index contributed by atoms with van der Waals surface area (Å²) in [6.07, 6.45) is 1.56. The molecule has 0 saturated heterocycles. The van der Waals surface area contributed by atoms with Gasteiger partial charge < -0.3 is 0 Å². The van der Waals surface area contributed by atoms with Crippen molar-refractivity contribution in [3.05, 3.63) is 64.9 Å². The highest BCUT2D eigenvalue weighted by atomic mass is 127. The van der Waals surface area contributed by atoms with Crippen LogP contribution in [0.5, 0.6) is 0 Å². The second-order valence-electron chi connectivity index (χ2n) is 3.49. The van der Waals surface area contributed by atoms with Crippen molar-refractivity contribution in [1.82, 2.24) is 9.55 Å². The van der Waals surface area contributed by atoms with Crippen LogP contribution in [0.3, 0.4) is 0 Å². The molecular weight excluding hydrogens is 399 g/mol. The lowest BCUT2D eigenvalue weighted by Gasteiger charge is -2.05. The fourth-order valence-electron chi connectivity index (χ4n) is 1.39. The topological polar surface area (TPSA) is 54.9 Å². The minimum Gasteiger partial charge on any atom is -0.295 e. The Labute approximate surface area is 119 Å². The van der Waals surface area contributed by atoms with Gasteiger partial charge in [0.1, 0.15) is 0 Å². The van der Waals surface area contributed by atoms with E-state index in [0.717, 1.165) is 10.0 Å². The Kier molecular flexibility index (Phi) is 3.82. The average Bonchev–Trinajstić information content (AvgIpc) is 2.29. The highest BCUT2D eigenvalue weighted by Crippen LogP contribution is 2.11. The highest BCUT2D eigenvalue weighted by Gasteiger charge is 2.02. The Hall–Kier alpha value is -0.890. The summed E-state index contributed by atoms with van der Waals surface area (Å²) in [7, 11) is 0. The van der Waals surface area contributed by atoms with Crippen LogP contribution < -0.4 is 11.2 Å². The quantitative estimate of drug-likeness (QED) is 0.775. The molecule has 1 N–H and O–H groups in total. The highest BCUT2D eigenvalue weighted by molar-refractivity contribution is 14.1. The molecule has 0 aliphatic carbocycles. The van der Waals surface area contributed by atoms with Gasteiger partial charge in [0.25, 0.3) is 5.56 Å². The predicted molar refractivity (Wildman–Crippen MR) is 77.3 cm³/mol. The molecule has 0 saturated carbocycles. The third kappa shape index (κ3) is 3.06. The van der Waals surface area contributed by atoms with E-state index < -0.39 is 5.69 Å². The molecular formula is C11H8BrIN2O2. The first-order valence-electron chi connectivity index (χ1n) is 4.80. The van der Waals surface area contributed by atoms with Gasteiger partial charge >= 0.3 is 5.69 Å². The number of hydrogen-bond donors (Lipinski definition) is 1. The van der Waals surface area contributed by atoms with E-state index in [1.807, 2.05) is 46.9 Å². The van der Waals surface area contributed by atoms with Gasteiger partial charge in [0, 0.05) is 10.7 Å². The number of halogens is 2. The molecule has 0 fully saturated rings. The van der Waals surface area contributed by atoms with Crippen molar-refractivity contribution in [3.63, 3.8) is 0 Å². The van der Waals surface area contributed by atoms with Gasteiger partial charge in [-0.25, -0.2) is 4.79 Å². The van der Waals surface area contributed by atoms with Crippen molar-refractivity contribution >= 4 is 38.5 Å². The molecule has 4 nitrogen and oxygen atoms in total. The molecule has 17 heavy (non-hydrogen) atoms. The van der Waals surface area contributed by atoms with Crippen LogP contribution in [0.4, 0.5) is 0 Å².